The molecule has 0 heterocycles. The molecule has 118 valence electrons. The van der Waals surface area contributed by atoms with Gasteiger partial charge in [0.15, 0.2) is 5.96 Å². The van der Waals surface area contributed by atoms with Crippen molar-refractivity contribution in [3.63, 3.8) is 0 Å². The summed E-state index contributed by atoms with van der Waals surface area (Å²) in [5.41, 5.74) is 1.43. The van der Waals surface area contributed by atoms with Gasteiger partial charge in [0, 0.05) is 25.6 Å². The summed E-state index contributed by atoms with van der Waals surface area (Å²) in [6, 6.07) is 11.3. The Labute approximate surface area is 146 Å². The molecule has 0 amide bonds. The molecule has 0 aliphatic heterocycles. The topological polar surface area (TPSA) is 36.4 Å². The summed E-state index contributed by atoms with van der Waals surface area (Å²) in [4.78, 5) is 4.33. The molecule has 2 N–H and O–H groups in total. The zero-order chi connectivity index (χ0) is 14.4. The molecule has 1 fully saturated rings. The van der Waals surface area contributed by atoms with Crippen molar-refractivity contribution < 1.29 is 0 Å². The van der Waals surface area contributed by atoms with Crippen molar-refractivity contribution in [3.8, 4) is 0 Å². The van der Waals surface area contributed by atoms with Gasteiger partial charge in [-0.15, -0.1) is 24.0 Å². The lowest BCUT2D eigenvalue weighted by Gasteiger charge is -2.16. The van der Waals surface area contributed by atoms with Crippen LogP contribution in [0.2, 0.25) is 0 Å². The van der Waals surface area contributed by atoms with Gasteiger partial charge >= 0.3 is 0 Å². The Balaban J connectivity index is 0.00000220. The number of halogens is 1. The second-order valence-electron chi connectivity index (χ2n) is 5.64. The standard InChI is InChI=1S/C17H27N3.HI/c1-4-13(5-2)12-19-17(18-3)20-16-11-15(16)14-9-7-6-8-10-14;/h6-10,13,15-16H,4-5,11-12H2,1-3H3,(H2,18,19,20);1H. The van der Waals surface area contributed by atoms with Crippen molar-refractivity contribution in [2.45, 2.75) is 45.1 Å². The van der Waals surface area contributed by atoms with E-state index in [-0.39, 0.29) is 24.0 Å². The maximum atomic E-state index is 4.33. The van der Waals surface area contributed by atoms with E-state index in [1.54, 1.807) is 0 Å². The van der Waals surface area contributed by atoms with Gasteiger partial charge in [0.1, 0.15) is 0 Å². The van der Waals surface area contributed by atoms with E-state index >= 15 is 0 Å². The minimum Gasteiger partial charge on any atom is -0.356 e. The molecular weight excluding hydrogens is 373 g/mol. The van der Waals surface area contributed by atoms with Gasteiger partial charge in [-0.3, -0.25) is 4.99 Å². The summed E-state index contributed by atoms with van der Waals surface area (Å²) in [7, 11) is 1.85. The summed E-state index contributed by atoms with van der Waals surface area (Å²) in [6.07, 6.45) is 3.64. The SMILES string of the molecule is CCC(CC)CNC(=NC)NC1CC1c1ccccc1.I. The third kappa shape index (κ3) is 5.49. The highest BCUT2D eigenvalue weighted by Crippen LogP contribution is 2.40. The Hall–Kier alpha value is -0.780. The molecule has 1 aromatic carbocycles. The Morgan fingerprint density at radius 3 is 2.48 bits per heavy atom. The largest absolute Gasteiger partial charge is 0.356 e. The highest BCUT2D eigenvalue weighted by molar-refractivity contribution is 14.0. The quantitative estimate of drug-likeness (QED) is 0.433. The Morgan fingerprint density at radius 1 is 1.24 bits per heavy atom. The van der Waals surface area contributed by atoms with Crippen LogP contribution < -0.4 is 10.6 Å². The van der Waals surface area contributed by atoms with Crippen LogP contribution in [0.25, 0.3) is 0 Å². The number of benzene rings is 1. The molecule has 1 aliphatic rings. The fourth-order valence-corrected chi connectivity index (χ4v) is 2.61. The Morgan fingerprint density at radius 2 is 1.90 bits per heavy atom. The van der Waals surface area contributed by atoms with Gasteiger partial charge in [0.25, 0.3) is 0 Å². The molecule has 1 saturated carbocycles. The molecule has 0 saturated heterocycles. The predicted octanol–water partition coefficient (Wildman–Crippen LogP) is 3.76. The number of hydrogen-bond donors (Lipinski definition) is 2. The first-order chi connectivity index (χ1) is 9.78. The van der Waals surface area contributed by atoms with Crippen molar-refractivity contribution in [1.82, 2.24) is 10.6 Å². The second kappa shape index (κ2) is 9.28. The molecule has 2 unspecified atom stereocenters. The van der Waals surface area contributed by atoms with Gasteiger partial charge in [0.2, 0.25) is 0 Å². The molecule has 2 atom stereocenters. The van der Waals surface area contributed by atoms with Gasteiger partial charge < -0.3 is 10.6 Å². The van der Waals surface area contributed by atoms with Crippen LogP contribution in [0.3, 0.4) is 0 Å². The number of nitrogens with one attached hydrogen (secondary N) is 2. The summed E-state index contributed by atoms with van der Waals surface area (Å²) in [5, 5.41) is 6.99. The average molecular weight is 401 g/mol. The highest BCUT2D eigenvalue weighted by atomic mass is 127. The molecule has 4 heteroatoms. The van der Waals surface area contributed by atoms with E-state index in [9.17, 15) is 0 Å². The molecule has 1 aliphatic carbocycles. The number of aliphatic imine (C=N–C) groups is 1. The zero-order valence-electron chi connectivity index (χ0n) is 13.3. The molecule has 3 nitrogen and oxygen atoms in total. The van der Waals surface area contributed by atoms with E-state index in [4.69, 9.17) is 0 Å². The van der Waals surface area contributed by atoms with Crippen molar-refractivity contribution in [2.75, 3.05) is 13.6 Å². The minimum absolute atomic E-state index is 0. The predicted molar refractivity (Wildman–Crippen MR) is 102 cm³/mol. The monoisotopic (exact) mass is 401 g/mol. The molecule has 21 heavy (non-hydrogen) atoms. The second-order valence-corrected chi connectivity index (χ2v) is 5.64. The Kier molecular flexibility index (Phi) is 8.07. The molecule has 0 bridgehead atoms. The van der Waals surface area contributed by atoms with Crippen LogP contribution in [0.1, 0.15) is 44.6 Å². The smallest absolute Gasteiger partial charge is 0.191 e. The molecule has 0 radical (unpaired) electrons. The lowest BCUT2D eigenvalue weighted by atomic mass is 10.0. The molecular formula is C17H28IN3. The van der Waals surface area contributed by atoms with Crippen LogP contribution in [0.5, 0.6) is 0 Å². The van der Waals surface area contributed by atoms with Crippen molar-refractivity contribution in [3.05, 3.63) is 35.9 Å². The van der Waals surface area contributed by atoms with Crippen LogP contribution in [0.4, 0.5) is 0 Å². The number of hydrogen-bond acceptors (Lipinski definition) is 1. The average Bonchev–Trinajstić information content (AvgIpc) is 3.27. The van der Waals surface area contributed by atoms with E-state index < -0.39 is 0 Å². The van der Waals surface area contributed by atoms with Gasteiger partial charge in [-0.2, -0.15) is 0 Å². The van der Waals surface area contributed by atoms with Gasteiger partial charge in [-0.25, -0.2) is 0 Å². The minimum atomic E-state index is 0. The summed E-state index contributed by atoms with van der Waals surface area (Å²) < 4.78 is 0. The zero-order valence-corrected chi connectivity index (χ0v) is 15.6. The van der Waals surface area contributed by atoms with E-state index in [0.717, 1.165) is 18.4 Å². The first kappa shape index (κ1) is 18.3. The third-order valence-electron chi connectivity index (χ3n) is 4.28. The van der Waals surface area contributed by atoms with Gasteiger partial charge in [-0.1, -0.05) is 57.0 Å². The van der Waals surface area contributed by atoms with E-state index in [0.29, 0.717) is 12.0 Å². The number of rotatable bonds is 6. The van der Waals surface area contributed by atoms with Crippen molar-refractivity contribution in [1.29, 1.82) is 0 Å². The highest BCUT2D eigenvalue weighted by Gasteiger charge is 2.38. The van der Waals surface area contributed by atoms with Crippen molar-refractivity contribution in [2.24, 2.45) is 10.9 Å². The molecule has 2 rings (SSSR count). The Bertz CT molecular complexity index is 429. The van der Waals surface area contributed by atoms with Crippen LogP contribution in [0.15, 0.2) is 35.3 Å². The fraction of sp³-hybridized carbons (Fsp3) is 0.588. The van der Waals surface area contributed by atoms with Crippen LogP contribution in [-0.2, 0) is 0 Å². The third-order valence-corrected chi connectivity index (χ3v) is 4.28. The van der Waals surface area contributed by atoms with Crippen molar-refractivity contribution >= 4 is 29.9 Å². The summed E-state index contributed by atoms with van der Waals surface area (Å²) in [5.74, 6) is 2.32. The van der Waals surface area contributed by atoms with Crippen LogP contribution >= 0.6 is 24.0 Å². The maximum Gasteiger partial charge on any atom is 0.191 e. The summed E-state index contributed by atoms with van der Waals surface area (Å²) in [6.45, 7) is 5.51. The van der Waals surface area contributed by atoms with Crippen LogP contribution in [-0.4, -0.2) is 25.6 Å². The summed E-state index contributed by atoms with van der Waals surface area (Å²) >= 11 is 0. The number of nitrogens with zero attached hydrogens (tertiary/aromatic N) is 1. The van der Waals surface area contributed by atoms with Gasteiger partial charge in [0.05, 0.1) is 0 Å². The van der Waals surface area contributed by atoms with E-state index in [1.165, 1.54) is 24.8 Å². The fourth-order valence-electron chi connectivity index (χ4n) is 2.61. The molecule has 0 aromatic heterocycles. The number of guanidine groups is 1. The first-order valence-electron chi connectivity index (χ1n) is 7.80. The van der Waals surface area contributed by atoms with Gasteiger partial charge in [-0.05, 0) is 17.9 Å². The lowest BCUT2D eigenvalue weighted by Crippen LogP contribution is -2.41. The normalized spacial score (nSPS) is 20.9. The molecule has 0 spiro atoms. The molecule has 1 aromatic rings. The van der Waals surface area contributed by atoms with E-state index in [1.807, 2.05) is 7.05 Å². The van der Waals surface area contributed by atoms with E-state index in [2.05, 4.69) is 59.8 Å². The first-order valence-corrected chi connectivity index (χ1v) is 7.80. The lowest BCUT2D eigenvalue weighted by molar-refractivity contribution is 0.481. The maximum absolute atomic E-state index is 4.33. The van der Waals surface area contributed by atoms with Crippen LogP contribution in [0, 0.1) is 5.92 Å².